The summed E-state index contributed by atoms with van der Waals surface area (Å²) in [7, 11) is 0. The average molecular weight is 316 g/mol. The zero-order valence-corrected chi connectivity index (χ0v) is 13.5. The highest BCUT2D eigenvalue weighted by Crippen LogP contribution is 2.08. The number of ether oxygens (including phenoxy) is 2. The van der Waals surface area contributed by atoms with Crippen molar-refractivity contribution in [3.63, 3.8) is 0 Å². The fourth-order valence-electron chi connectivity index (χ4n) is 1.69. The van der Waals surface area contributed by atoms with Crippen LogP contribution >= 0.6 is 0 Å². The van der Waals surface area contributed by atoms with Crippen LogP contribution in [0.4, 0.5) is 0 Å². The zero-order chi connectivity index (χ0) is 17.0. The van der Waals surface area contributed by atoms with E-state index < -0.39 is 24.1 Å². The first-order chi connectivity index (χ1) is 10.4. The normalized spacial score (nSPS) is 13.3. The summed E-state index contributed by atoms with van der Waals surface area (Å²) < 4.78 is 9.56. The molecule has 0 radical (unpaired) electrons. The molecular weight excluding hydrogens is 288 g/mol. The summed E-state index contributed by atoms with van der Waals surface area (Å²) in [6, 6.07) is 0. The van der Waals surface area contributed by atoms with Crippen LogP contribution in [0, 0.1) is 0 Å². The molecule has 6 heteroatoms. The predicted octanol–water partition coefficient (Wildman–Crippen LogP) is 1.73. The summed E-state index contributed by atoms with van der Waals surface area (Å²) in [5.41, 5.74) is 0.232. The first kappa shape index (κ1) is 20.6. The Hall–Kier alpha value is -1.40. The second kappa shape index (κ2) is 12.2. The number of hydrogen-bond acceptors (Lipinski definition) is 6. The van der Waals surface area contributed by atoms with Crippen LogP contribution < -0.4 is 0 Å². The summed E-state index contributed by atoms with van der Waals surface area (Å²) in [5, 5.41) is 19.2. The van der Waals surface area contributed by atoms with Crippen molar-refractivity contribution < 1.29 is 29.3 Å². The van der Waals surface area contributed by atoms with Crippen molar-refractivity contribution in [1.82, 2.24) is 0 Å². The Morgan fingerprint density at radius 3 is 2.27 bits per heavy atom. The summed E-state index contributed by atoms with van der Waals surface area (Å²) in [4.78, 5) is 22.6. The maximum absolute atomic E-state index is 11.5. The molecule has 0 fully saturated rings. The minimum atomic E-state index is -1.09. The highest BCUT2D eigenvalue weighted by molar-refractivity contribution is 5.86. The lowest BCUT2D eigenvalue weighted by atomic mass is 10.1. The molecule has 0 aromatic rings. The quantitative estimate of drug-likeness (QED) is 0.323. The molecule has 6 nitrogen and oxygen atoms in total. The summed E-state index contributed by atoms with van der Waals surface area (Å²) >= 11 is 0. The molecule has 2 atom stereocenters. The van der Waals surface area contributed by atoms with Gasteiger partial charge in [-0.1, -0.05) is 39.2 Å². The van der Waals surface area contributed by atoms with Crippen LogP contribution in [0.25, 0.3) is 0 Å². The molecule has 0 amide bonds. The van der Waals surface area contributed by atoms with E-state index in [2.05, 4.69) is 13.5 Å². The van der Waals surface area contributed by atoms with Crippen molar-refractivity contribution in [3.8, 4) is 0 Å². The van der Waals surface area contributed by atoms with Gasteiger partial charge in [-0.15, -0.1) is 0 Å². The molecule has 22 heavy (non-hydrogen) atoms. The fraction of sp³-hybridized carbons (Fsp3) is 0.750. The van der Waals surface area contributed by atoms with Crippen LogP contribution in [-0.4, -0.2) is 47.6 Å². The van der Waals surface area contributed by atoms with Crippen LogP contribution in [0.5, 0.6) is 0 Å². The van der Waals surface area contributed by atoms with Gasteiger partial charge in [-0.25, -0.2) is 4.79 Å². The first-order valence-electron chi connectivity index (χ1n) is 7.71. The van der Waals surface area contributed by atoms with Gasteiger partial charge in [0.25, 0.3) is 0 Å². The largest absolute Gasteiger partial charge is 0.463 e. The van der Waals surface area contributed by atoms with Gasteiger partial charge in [0.05, 0.1) is 12.5 Å². The Balaban J connectivity index is 3.74. The highest BCUT2D eigenvalue weighted by Gasteiger charge is 2.15. The van der Waals surface area contributed by atoms with Gasteiger partial charge >= 0.3 is 11.9 Å². The average Bonchev–Trinajstić information content (AvgIpc) is 2.46. The van der Waals surface area contributed by atoms with Crippen LogP contribution in [-0.2, 0) is 19.1 Å². The van der Waals surface area contributed by atoms with E-state index >= 15 is 0 Å². The number of rotatable bonds is 12. The van der Waals surface area contributed by atoms with E-state index in [0.717, 1.165) is 25.7 Å². The van der Waals surface area contributed by atoms with Crippen molar-refractivity contribution in [2.24, 2.45) is 0 Å². The number of carbonyl (C=O) groups excluding carboxylic acids is 2. The van der Waals surface area contributed by atoms with E-state index in [1.54, 1.807) is 0 Å². The van der Waals surface area contributed by atoms with Crippen LogP contribution in [0.3, 0.4) is 0 Å². The minimum absolute atomic E-state index is 0.0929. The van der Waals surface area contributed by atoms with Gasteiger partial charge in [0, 0.05) is 5.57 Å². The lowest BCUT2D eigenvalue weighted by Crippen LogP contribution is -2.26. The molecule has 0 spiro atoms. The van der Waals surface area contributed by atoms with Gasteiger partial charge in [-0.2, -0.15) is 0 Å². The van der Waals surface area contributed by atoms with Crippen LogP contribution in [0.1, 0.15) is 52.4 Å². The smallest absolute Gasteiger partial charge is 0.333 e. The van der Waals surface area contributed by atoms with E-state index in [1.165, 1.54) is 6.92 Å². The SMILES string of the molecule is C=C(C)C(=O)OCC(O)COC(=O)CC(O)CCCCCC. The number of esters is 2. The van der Waals surface area contributed by atoms with Gasteiger partial charge in [0.2, 0.25) is 0 Å². The molecule has 0 aliphatic rings. The van der Waals surface area contributed by atoms with Gasteiger partial charge in [0.15, 0.2) is 0 Å². The zero-order valence-electron chi connectivity index (χ0n) is 13.5. The molecule has 0 saturated heterocycles. The summed E-state index contributed by atoms with van der Waals surface area (Å²) in [6.45, 7) is 6.47. The van der Waals surface area contributed by atoms with E-state index in [4.69, 9.17) is 9.47 Å². The molecule has 0 aromatic heterocycles. The lowest BCUT2D eigenvalue weighted by Gasteiger charge is -2.13. The molecule has 0 aromatic carbocycles. The van der Waals surface area contributed by atoms with Crippen molar-refractivity contribution in [1.29, 1.82) is 0 Å². The van der Waals surface area contributed by atoms with Crippen molar-refractivity contribution in [3.05, 3.63) is 12.2 Å². The summed E-state index contributed by atoms with van der Waals surface area (Å²) in [6.07, 6.45) is 2.81. The van der Waals surface area contributed by atoms with Gasteiger partial charge < -0.3 is 19.7 Å². The van der Waals surface area contributed by atoms with E-state index in [0.29, 0.717) is 6.42 Å². The molecule has 0 bridgehead atoms. The van der Waals surface area contributed by atoms with Gasteiger partial charge in [-0.3, -0.25) is 4.79 Å². The van der Waals surface area contributed by atoms with Crippen molar-refractivity contribution >= 4 is 11.9 Å². The van der Waals surface area contributed by atoms with E-state index in [-0.39, 0.29) is 25.2 Å². The van der Waals surface area contributed by atoms with Crippen molar-refractivity contribution in [2.45, 2.75) is 64.6 Å². The number of hydrogen-bond donors (Lipinski definition) is 2. The minimum Gasteiger partial charge on any atom is -0.463 e. The van der Waals surface area contributed by atoms with Gasteiger partial charge in [0.1, 0.15) is 19.3 Å². The fourth-order valence-corrected chi connectivity index (χ4v) is 1.69. The van der Waals surface area contributed by atoms with Crippen LogP contribution in [0.2, 0.25) is 0 Å². The standard InChI is InChI=1S/C16H28O6/c1-4-5-6-7-8-13(17)9-15(19)21-10-14(18)11-22-16(20)12(2)3/h13-14,17-18H,2,4-11H2,1,3H3. The Bertz CT molecular complexity index is 353. The molecule has 0 saturated carbocycles. The second-order valence-electron chi connectivity index (χ2n) is 5.42. The number of aliphatic hydroxyl groups excluding tert-OH is 2. The topological polar surface area (TPSA) is 93.1 Å². The predicted molar refractivity (Wildman–Crippen MR) is 82.1 cm³/mol. The maximum atomic E-state index is 11.5. The van der Waals surface area contributed by atoms with E-state index in [1.807, 2.05) is 0 Å². The first-order valence-corrected chi connectivity index (χ1v) is 7.71. The number of carbonyl (C=O) groups is 2. The maximum Gasteiger partial charge on any atom is 0.333 e. The number of unbranched alkanes of at least 4 members (excludes halogenated alkanes) is 3. The third-order valence-corrected chi connectivity index (χ3v) is 2.99. The Morgan fingerprint density at radius 2 is 1.68 bits per heavy atom. The molecule has 0 rings (SSSR count). The van der Waals surface area contributed by atoms with E-state index in [9.17, 15) is 19.8 Å². The lowest BCUT2D eigenvalue weighted by molar-refractivity contribution is -0.152. The molecule has 2 unspecified atom stereocenters. The third-order valence-electron chi connectivity index (χ3n) is 2.99. The monoisotopic (exact) mass is 316 g/mol. The number of aliphatic hydroxyl groups is 2. The molecule has 0 aliphatic carbocycles. The summed E-state index contributed by atoms with van der Waals surface area (Å²) in [5.74, 6) is -1.18. The molecular formula is C16H28O6. The Morgan fingerprint density at radius 1 is 1.05 bits per heavy atom. The molecule has 0 heterocycles. The second-order valence-corrected chi connectivity index (χ2v) is 5.42. The molecule has 2 N–H and O–H groups in total. The third kappa shape index (κ3) is 11.3. The highest BCUT2D eigenvalue weighted by atomic mass is 16.6. The Kier molecular flexibility index (Phi) is 11.4. The molecule has 128 valence electrons. The van der Waals surface area contributed by atoms with Gasteiger partial charge in [-0.05, 0) is 13.3 Å². The van der Waals surface area contributed by atoms with Crippen LogP contribution in [0.15, 0.2) is 12.2 Å². The molecule has 0 aliphatic heterocycles. The Labute approximate surface area is 132 Å². The van der Waals surface area contributed by atoms with Crippen molar-refractivity contribution in [2.75, 3.05) is 13.2 Å².